The smallest absolute Gasteiger partial charge is 0.491 e. The largest absolute Gasteiger partial charge is 0.493 e. The molecule has 124 valence electrons. The van der Waals surface area contributed by atoms with Crippen LogP contribution in [0.1, 0.15) is 31.3 Å². The van der Waals surface area contributed by atoms with Gasteiger partial charge >= 0.3 is 13.1 Å². The summed E-state index contributed by atoms with van der Waals surface area (Å²) in [5, 5.41) is 19.8. The first kappa shape index (κ1) is 17.2. The fourth-order valence-corrected chi connectivity index (χ4v) is 2.30. The van der Waals surface area contributed by atoms with Crippen molar-refractivity contribution in [3.05, 3.63) is 17.8 Å². The van der Waals surface area contributed by atoms with Gasteiger partial charge in [0.2, 0.25) is 0 Å². The van der Waals surface area contributed by atoms with Crippen molar-refractivity contribution in [1.29, 1.82) is 0 Å². The van der Waals surface area contributed by atoms with E-state index in [0.717, 1.165) is 0 Å². The summed E-state index contributed by atoms with van der Waals surface area (Å²) in [5.41, 5.74) is -0.177. The fraction of sp³-hybridized carbons (Fsp3) is 0.400. The van der Waals surface area contributed by atoms with Crippen LogP contribution in [0.5, 0.6) is 11.5 Å². The zero-order chi connectivity index (χ0) is 17.4. The third-order valence-electron chi connectivity index (χ3n) is 3.20. The number of methoxy groups -OCH3 is 2. The molecule has 1 heterocycles. The summed E-state index contributed by atoms with van der Waals surface area (Å²) in [4.78, 5) is 15.2. The SMILES string of the molecule is COc1cc2[nH]c(C(=O)OC(C)(C)C)c(B(O)O)c2cc1OC. The molecule has 2 aromatic rings. The first-order chi connectivity index (χ1) is 10.7. The monoisotopic (exact) mass is 321 g/mol. The molecule has 1 aromatic heterocycles. The number of H-pyrrole nitrogens is 1. The van der Waals surface area contributed by atoms with Gasteiger partial charge in [0.1, 0.15) is 11.3 Å². The molecule has 0 bridgehead atoms. The molecule has 0 amide bonds. The standard InChI is InChI=1S/C15H20BNO6/c1-15(2,3)23-14(18)13-12(16(19)20)8-6-10(21-4)11(22-5)7-9(8)17-13/h6-7,17,19-20H,1-5H3. The van der Waals surface area contributed by atoms with Gasteiger partial charge in [-0.25, -0.2) is 4.79 Å². The lowest BCUT2D eigenvalue weighted by atomic mass is 9.77. The zero-order valence-electron chi connectivity index (χ0n) is 13.8. The summed E-state index contributed by atoms with van der Waals surface area (Å²) < 4.78 is 15.7. The van der Waals surface area contributed by atoms with Crippen LogP contribution >= 0.6 is 0 Å². The minimum atomic E-state index is -1.84. The van der Waals surface area contributed by atoms with Crippen LogP contribution in [0.25, 0.3) is 10.9 Å². The number of esters is 1. The molecule has 1 aromatic carbocycles. The topological polar surface area (TPSA) is 101 Å². The third-order valence-corrected chi connectivity index (χ3v) is 3.20. The lowest BCUT2D eigenvalue weighted by Crippen LogP contribution is -2.36. The second-order valence-corrected chi connectivity index (χ2v) is 6.04. The molecule has 0 saturated carbocycles. The van der Waals surface area contributed by atoms with Gasteiger partial charge in [0.15, 0.2) is 11.5 Å². The van der Waals surface area contributed by atoms with Crippen molar-refractivity contribution in [2.75, 3.05) is 14.2 Å². The van der Waals surface area contributed by atoms with Crippen LogP contribution in [0, 0.1) is 0 Å². The summed E-state index contributed by atoms with van der Waals surface area (Å²) in [6.07, 6.45) is 0. The number of aromatic nitrogens is 1. The van der Waals surface area contributed by atoms with E-state index in [1.807, 2.05) is 0 Å². The first-order valence-corrected chi connectivity index (χ1v) is 7.05. The van der Waals surface area contributed by atoms with Gasteiger partial charge in [-0.05, 0) is 26.8 Å². The quantitative estimate of drug-likeness (QED) is 0.569. The lowest BCUT2D eigenvalue weighted by molar-refractivity contribution is 0.00649. The highest BCUT2D eigenvalue weighted by atomic mass is 16.6. The average Bonchev–Trinajstić information content (AvgIpc) is 2.82. The number of fused-ring (bicyclic) bond motifs is 1. The van der Waals surface area contributed by atoms with E-state index >= 15 is 0 Å². The second kappa shape index (κ2) is 6.13. The average molecular weight is 321 g/mol. The first-order valence-electron chi connectivity index (χ1n) is 7.05. The maximum absolute atomic E-state index is 12.3. The van der Waals surface area contributed by atoms with E-state index in [2.05, 4.69) is 4.98 Å². The number of hydrogen-bond acceptors (Lipinski definition) is 6. The molecule has 2 rings (SSSR count). The number of nitrogens with one attached hydrogen (secondary N) is 1. The van der Waals surface area contributed by atoms with E-state index in [9.17, 15) is 14.8 Å². The fourth-order valence-electron chi connectivity index (χ4n) is 2.30. The number of carbonyl (C=O) groups is 1. The Hall–Kier alpha value is -2.19. The summed E-state index contributed by atoms with van der Waals surface area (Å²) in [5.74, 6) is 0.197. The molecule has 0 aliphatic carbocycles. The van der Waals surface area contributed by atoms with Gasteiger partial charge < -0.3 is 29.2 Å². The second-order valence-electron chi connectivity index (χ2n) is 6.04. The van der Waals surface area contributed by atoms with Gasteiger partial charge in [-0.15, -0.1) is 0 Å². The normalized spacial score (nSPS) is 11.4. The maximum atomic E-state index is 12.3. The van der Waals surface area contributed by atoms with Gasteiger partial charge in [0, 0.05) is 22.4 Å². The Labute approximate surface area is 134 Å². The Morgan fingerprint density at radius 3 is 2.17 bits per heavy atom. The minimum Gasteiger partial charge on any atom is -0.493 e. The molecule has 23 heavy (non-hydrogen) atoms. The molecule has 0 aliphatic heterocycles. The van der Waals surface area contributed by atoms with Crippen molar-refractivity contribution in [3.8, 4) is 11.5 Å². The van der Waals surface area contributed by atoms with E-state index < -0.39 is 18.7 Å². The molecule has 0 aliphatic rings. The third kappa shape index (κ3) is 3.43. The molecule has 7 nitrogen and oxygen atoms in total. The number of hydrogen-bond donors (Lipinski definition) is 3. The lowest BCUT2D eigenvalue weighted by Gasteiger charge is -2.19. The van der Waals surface area contributed by atoms with Crippen LogP contribution in [0.3, 0.4) is 0 Å². The summed E-state index contributed by atoms with van der Waals surface area (Å²) >= 11 is 0. The van der Waals surface area contributed by atoms with Crippen molar-refractivity contribution in [2.45, 2.75) is 26.4 Å². The highest BCUT2D eigenvalue weighted by Crippen LogP contribution is 2.32. The van der Waals surface area contributed by atoms with Gasteiger partial charge in [0.05, 0.1) is 14.2 Å². The van der Waals surface area contributed by atoms with Crippen molar-refractivity contribution in [2.24, 2.45) is 0 Å². The molecule has 8 heteroatoms. The minimum absolute atomic E-state index is 0.0137. The van der Waals surface area contributed by atoms with E-state index in [-0.39, 0.29) is 11.2 Å². The number of ether oxygens (including phenoxy) is 3. The molecule has 0 spiro atoms. The van der Waals surface area contributed by atoms with E-state index in [1.54, 1.807) is 32.9 Å². The van der Waals surface area contributed by atoms with Gasteiger partial charge in [-0.1, -0.05) is 0 Å². The summed E-state index contributed by atoms with van der Waals surface area (Å²) in [6, 6.07) is 3.20. The van der Waals surface area contributed by atoms with Crippen LogP contribution in [-0.4, -0.2) is 47.9 Å². The number of aromatic amines is 1. The van der Waals surface area contributed by atoms with E-state index in [4.69, 9.17) is 14.2 Å². The highest BCUT2D eigenvalue weighted by Gasteiger charge is 2.30. The molecular weight excluding hydrogens is 301 g/mol. The molecular formula is C15H20BNO6. The molecule has 0 saturated heterocycles. The predicted molar refractivity (Wildman–Crippen MR) is 86.4 cm³/mol. The van der Waals surface area contributed by atoms with Crippen molar-refractivity contribution in [3.63, 3.8) is 0 Å². The van der Waals surface area contributed by atoms with Crippen LogP contribution in [0.2, 0.25) is 0 Å². The molecule has 0 atom stereocenters. The summed E-state index contributed by atoms with van der Waals surface area (Å²) in [7, 11) is 1.12. The van der Waals surface area contributed by atoms with Crippen molar-refractivity contribution in [1.82, 2.24) is 4.98 Å². The van der Waals surface area contributed by atoms with Crippen LogP contribution < -0.4 is 14.9 Å². The highest BCUT2D eigenvalue weighted by molar-refractivity contribution is 6.63. The Balaban J connectivity index is 2.65. The van der Waals surface area contributed by atoms with Gasteiger partial charge in [0.25, 0.3) is 0 Å². The number of carbonyl (C=O) groups excluding carboxylic acids is 1. The zero-order valence-corrected chi connectivity index (χ0v) is 13.8. The Kier molecular flexibility index (Phi) is 4.58. The molecule has 0 fully saturated rings. The van der Waals surface area contributed by atoms with Crippen LogP contribution in [0.4, 0.5) is 0 Å². The Morgan fingerprint density at radius 2 is 1.70 bits per heavy atom. The van der Waals surface area contributed by atoms with E-state index in [0.29, 0.717) is 22.4 Å². The van der Waals surface area contributed by atoms with Gasteiger partial charge in [-0.2, -0.15) is 0 Å². The van der Waals surface area contributed by atoms with Crippen LogP contribution in [0.15, 0.2) is 12.1 Å². The van der Waals surface area contributed by atoms with Crippen LogP contribution in [-0.2, 0) is 4.74 Å². The predicted octanol–water partition coefficient (Wildman–Crippen LogP) is 0.820. The van der Waals surface area contributed by atoms with Crippen molar-refractivity contribution >= 4 is 29.5 Å². The number of benzene rings is 1. The molecule has 3 N–H and O–H groups in total. The van der Waals surface area contributed by atoms with Gasteiger partial charge in [-0.3, -0.25) is 0 Å². The molecule has 0 radical (unpaired) electrons. The Bertz CT molecular complexity index is 732. The summed E-state index contributed by atoms with van der Waals surface area (Å²) in [6.45, 7) is 5.19. The van der Waals surface area contributed by atoms with Crippen molar-refractivity contribution < 1.29 is 29.1 Å². The van der Waals surface area contributed by atoms with E-state index in [1.165, 1.54) is 14.2 Å². The molecule has 0 unspecified atom stereocenters. The maximum Gasteiger partial charge on any atom is 0.491 e. The number of rotatable bonds is 4. The Morgan fingerprint density at radius 1 is 1.13 bits per heavy atom.